The number of aliphatic hydroxyl groups is 3. The molecule has 0 aromatic heterocycles. The van der Waals surface area contributed by atoms with E-state index in [0.29, 0.717) is 0 Å². The molecular formula is C13H19NO4. The van der Waals surface area contributed by atoms with Crippen molar-refractivity contribution in [2.75, 3.05) is 11.9 Å². The molecule has 0 amide bonds. The number of aliphatic hydroxyl groups excluding tert-OH is 3. The van der Waals surface area contributed by atoms with Gasteiger partial charge in [-0.15, -0.1) is 0 Å². The van der Waals surface area contributed by atoms with E-state index in [9.17, 15) is 10.2 Å². The molecule has 0 radical (unpaired) electrons. The summed E-state index contributed by atoms with van der Waals surface area (Å²) in [4.78, 5) is 0. The highest BCUT2D eigenvalue weighted by Gasteiger charge is 2.42. The van der Waals surface area contributed by atoms with Crippen LogP contribution in [0.25, 0.3) is 0 Å². The first kappa shape index (κ1) is 13.3. The first-order valence-corrected chi connectivity index (χ1v) is 5.99. The zero-order valence-electron chi connectivity index (χ0n) is 10.5. The summed E-state index contributed by atoms with van der Waals surface area (Å²) >= 11 is 0. The van der Waals surface area contributed by atoms with Gasteiger partial charge in [0.05, 0.1) is 6.61 Å². The van der Waals surface area contributed by atoms with Crippen LogP contribution in [0.4, 0.5) is 5.69 Å². The minimum atomic E-state index is -1.07. The van der Waals surface area contributed by atoms with E-state index in [1.807, 2.05) is 32.0 Å². The number of benzene rings is 1. The van der Waals surface area contributed by atoms with Crippen molar-refractivity contribution in [1.29, 1.82) is 0 Å². The third-order valence-corrected chi connectivity index (χ3v) is 3.36. The molecule has 1 fully saturated rings. The first-order valence-electron chi connectivity index (χ1n) is 5.99. The molecule has 0 aliphatic carbocycles. The number of anilines is 1. The van der Waals surface area contributed by atoms with Gasteiger partial charge in [0.15, 0.2) is 6.23 Å². The summed E-state index contributed by atoms with van der Waals surface area (Å²) in [6.07, 6.45) is -3.58. The predicted molar refractivity (Wildman–Crippen MR) is 67.3 cm³/mol. The zero-order chi connectivity index (χ0) is 13.3. The third kappa shape index (κ3) is 2.49. The second kappa shape index (κ2) is 5.24. The highest BCUT2D eigenvalue weighted by atomic mass is 16.6. The van der Waals surface area contributed by atoms with Gasteiger partial charge in [-0.2, -0.15) is 0 Å². The van der Waals surface area contributed by atoms with Crippen LogP contribution in [0.3, 0.4) is 0 Å². The van der Waals surface area contributed by atoms with Crippen LogP contribution >= 0.6 is 0 Å². The van der Waals surface area contributed by atoms with Gasteiger partial charge in [0.25, 0.3) is 0 Å². The summed E-state index contributed by atoms with van der Waals surface area (Å²) < 4.78 is 5.35. The molecule has 1 heterocycles. The highest BCUT2D eigenvalue weighted by molar-refractivity contribution is 5.48. The zero-order valence-corrected chi connectivity index (χ0v) is 10.5. The Morgan fingerprint density at radius 2 is 1.89 bits per heavy atom. The van der Waals surface area contributed by atoms with Crippen molar-refractivity contribution in [1.82, 2.24) is 0 Å². The van der Waals surface area contributed by atoms with Crippen LogP contribution in [0.5, 0.6) is 0 Å². The van der Waals surface area contributed by atoms with E-state index in [-0.39, 0.29) is 6.61 Å². The number of nitrogens with one attached hydrogen (secondary N) is 1. The Morgan fingerprint density at radius 1 is 1.17 bits per heavy atom. The topological polar surface area (TPSA) is 82.0 Å². The Kier molecular flexibility index (Phi) is 3.87. The summed E-state index contributed by atoms with van der Waals surface area (Å²) in [7, 11) is 0. The molecule has 0 unspecified atom stereocenters. The minimum absolute atomic E-state index is 0.316. The van der Waals surface area contributed by atoms with Crippen molar-refractivity contribution < 1.29 is 20.1 Å². The Morgan fingerprint density at radius 3 is 2.44 bits per heavy atom. The Hall–Kier alpha value is -1.14. The van der Waals surface area contributed by atoms with E-state index < -0.39 is 24.5 Å². The summed E-state index contributed by atoms with van der Waals surface area (Å²) in [6.45, 7) is 3.70. The van der Waals surface area contributed by atoms with Crippen molar-refractivity contribution in [2.45, 2.75) is 38.4 Å². The minimum Gasteiger partial charge on any atom is -0.394 e. The summed E-state index contributed by atoms with van der Waals surface area (Å²) in [5, 5.41) is 31.4. The van der Waals surface area contributed by atoms with Crippen LogP contribution in [0, 0.1) is 13.8 Å². The van der Waals surface area contributed by atoms with Crippen molar-refractivity contribution in [2.24, 2.45) is 0 Å². The molecule has 18 heavy (non-hydrogen) atoms. The van der Waals surface area contributed by atoms with E-state index in [2.05, 4.69) is 5.32 Å². The number of aryl methyl sites for hydroxylation is 2. The molecule has 4 atom stereocenters. The van der Waals surface area contributed by atoms with Crippen LogP contribution in [0.2, 0.25) is 0 Å². The molecule has 1 saturated heterocycles. The van der Waals surface area contributed by atoms with Gasteiger partial charge in [-0.05, 0) is 37.1 Å². The smallest absolute Gasteiger partial charge is 0.157 e. The van der Waals surface area contributed by atoms with E-state index in [1.165, 1.54) is 5.56 Å². The lowest BCUT2D eigenvalue weighted by Gasteiger charge is -2.18. The highest BCUT2D eigenvalue weighted by Crippen LogP contribution is 2.23. The second-order valence-corrected chi connectivity index (χ2v) is 4.70. The van der Waals surface area contributed by atoms with Crippen LogP contribution < -0.4 is 5.32 Å². The second-order valence-electron chi connectivity index (χ2n) is 4.70. The molecule has 1 aliphatic heterocycles. The number of hydrogen-bond acceptors (Lipinski definition) is 5. The van der Waals surface area contributed by atoms with Crippen LogP contribution in [-0.2, 0) is 4.74 Å². The van der Waals surface area contributed by atoms with Crippen molar-refractivity contribution in [3.05, 3.63) is 29.3 Å². The fourth-order valence-electron chi connectivity index (χ4n) is 2.01. The van der Waals surface area contributed by atoms with Crippen molar-refractivity contribution in [3.63, 3.8) is 0 Å². The van der Waals surface area contributed by atoms with Crippen molar-refractivity contribution in [3.8, 4) is 0 Å². The standard InChI is InChI=1S/C13H19NO4/c1-7-3-4-9(5-8(7)2)14-13-12(17)11(16)10(6-15)18-13/h3-5,10-17H,6H2,1-2H3/t10-,11+,12+,13+/m0/s1. The average Bonchev–Trinajstić information content (AvgIpc) is 2.62. The van der Waals surface area contributed by atoms with Crippen molar-refractivity contribution >= 4 is 5.69 Å². The van der Waals surface area contributed by atoms with Gasteiger partial charge in [0.2, 0.25) is 0 Å². The van der Waals surface area contributed by atoms with Gasteiger partial charge in [-0.25, -0.2) is 0 Å². The Bertz CT molecular complexity index is 423. The summed E-state index contributed by atoms with van der Waals surface area (Å²) in [5.41, 5.74) is 3.13. The molecule has 1 aromatic carbocycles. The molecular weight excluding hydrogens is 234 g/mol. The van der Waals surface area contributed by atoms with Crippen LogP contribution in [-0.4, -0.2) is 46.5 Å². The fourth-order valence-corrected chi connectivity index (χ4v) is 2.01. The lowest BCUT2D eigenvalue weighted by Crippen LogP contribution is -2.36. The molecule has 4 N–H and O–H groups in total. The van der Waals surface area contributed by atoms with E-state index in [0.717, 1.165) is 11.3 Å². The van der Waals surface area contributed by atoms with Gasteiger partial charge < -0.3 is 25.4 Å². The molecule has 100 valence electrons. The number of rotatable bonds is 3. The molecule has 1 aromatic rings. The largest absolute Gasteiger partial charge is 0.394 e. The maximum Gasteiger partial charge on any atom is 0.157 e. The molecule has 1 aliphatic rings. The predicted octanol–water partition coefficient (Wildman–Crippen LogP) is 0.154. The molecule has 0 spiro atoms. The normalized spacial score (nSPS) is 31.6. The van der Waals surface area contributed by atoms with Gasteiger partial charge in [0, 0.05) is 5.69 Å². The van der Waals surface area contributed by atoms with Gasteiger partial charge >= 0.3 is 0 Å². The third-order valence-electron chi connectivity index (χ3n) is 3.36. The number of hydrogen-bond donors (Lipinski definition) is 4. The number of ether oxygens (including phenoxy) is 1. The fraction of sp³-hybridized carbons (Fsp3) is 0.538. The SMILES string of the molecule is Cc1ccc(N[C@@H]2O[C@@H](CO)[C@@H](O)[C@H]2O)cc1C. The summed E-state index contributed by atoms with van der Waals surface area (Å²) in [6, 6.07) is 5.81. The van der Waals surface area contributed by atoms with Gasteiger partial charge in [-0.3, -0.25) is 0 Å². The van der Waals surface area contributed by atoms with E-state index in [4.69, 9.17) is 9.84 Å². The lowest BCUT2D eigenvalue weighted by atomic mass is 10.1. The average molecular weight is 253 g/mol. The summed E-state index contributed by atoms with van der Waals surface area (Å²) in [5.74, 6) is 0. The lowest BCUT2D eigenvalue weighted by molar-refractivity contribution is -0.0153. The molecule has 5 heteroatoms. The Labute approximate surface area is 106 Å². The van der Waals surface area contributed by atoms with Crippen LogP contribution in [0.15, 0.2) is 18.2 Å². The molecule has 0 bridgehead atoms. The van der Waals surface area contributed by atoms with Gasteiger partial charge in [-0.1, -0.05) is 6.07 Å². The van der Waals surface area contributed by atoms with Gasteiger partial charge in [0.1, 0.15) is 18.3 Å². The monoisotopic (exact) mass is 253 g/mol. The maximum atomic E-state index is 9.80. The Balaban J connectivity index is 2.07. The van der Waals surface area contributed by atoms with E-state index >= 15 is 0 Å². The molecule has 2 rings (SSSR count). The van der Waals surface area contributed by atoms with E-state index in [1.54, 1.807) is 0 Å². The quantitative estimate of drug-likeness (QED) is 0.616. The van der Waals surface area contributed by atoms with Crippen LogP contribution in [0.1, 0.15) is 11.1 Å². The maximum absolute atomic E-state index is 9.80. The first-order chi connectivity index (χ1) is 8.52. The molecule has 0 saturated carbocycles. The molecule has 5 nitrogen and oxygen atoms in total.